The van der Waals surface area contributed by atoms with Gasteiger partial charge in [0.2, 0.25) is 23.6 Å². The van der Waals surface area contributed by atoms with Gasteiger partial charge in [-0.1, -0.05) is 95.1 Å². The third kappa shape index (κ3) is 26.9. The Kier molecular flexibility index (Phi) is 34.8. The Bertz CT molecular complexity index is 4410. The second-order valence-electron chi connectivity index (χ2n) is 26.3. The summed E-state index contributed by atoms with van der Waals surface area (Å²) in [5, 5.41) is 64.2. The molecule has 0 spiro atoms. The summed E-state index contributed by atoms with van der Waals surface area (Å²) in [5.74, 6) is -12.7. The average Bonchev–Trinajstić information content (AvgIpc) is 1.54. The van der Waals surface area contributed by atoms with E-state index in [0.717, 1.165) is 21.6 Å². The summed E-state index contributed by atoms with van der Waals surface area (Å²) in [4.78, 5) is 198. The van der Waals surface area contributed by atoms with E-state index in [1.165, 1.54) is 23.8 Å². The van der Waals surface area contributed by atoms with Crippen LogP contribution < -0.4 is 52.7 Å². The van der Waals surface area contributed by atoms with Crippen LogP contribution in [0.5, 0.6) is 11.5 Å². The van der Waals surface area contributed by atoms with E-state index in [2.05, 4.69) is 41.6 Å². The second kappa shape index (κ2) is 44.4. The number of carboxylic acids is 4. The van der Waals surface area contributed by atoms with Gasteiger partial charge in [-0.3, -0.25) is 57.5 Å². The molecule has 2 aromatic heterocycles. The van der Waals surface area contributed by atoms with Crippen LogP contribution in [0.15, 0.2) is 108 Å². The summed E-state index contributed by atoms with van der Waals surface area (Å²) in [7, 11) is 3.52. The maximum atomic E-state index is 14.4. The quantitative estimate of drug-likeness (QED) is 0.00609. The molecule has 0 saturated carbocycles. The number of aromatic nitrogens is 3. The molecule has 4 aromatic carbocycles. The first kappa shape index (κ1) is 87.7. The number of aliphatic carboxylic acids is 4. The van der Waals surface area contributed by atoms with Gasteiger partial charge in [-0.15, -0.1) is 0 Å². The highest BCUT2D eigenvalue weighted by molar-refractivity contribution is 8.76. The Morgan fingerprint density at radius 1 is 0.652 bits per heavy atom. The Balaban J connectivity index is 0.864. The molecular weight excluding hydrogens is 1500 g/mol. The van der Waals surface area contributed by atoms with Crippen molar-refractivity contribution in [3.05, 3.63) is 147 Å². The number of ether oxygens (including phenoxy) is 4. The largest absolute Gasteiger partial charge is 0.513 e. The lowest BCUT2D eigenvalue weighted by atomic mass is 9.89. The van der Waals surface area contributed by atoms with Gasteiger partial charge < -0.3 is 91.2 Å². The zero-order valence-corrected chi connectivity index (χ0v) is 63.1. The Morgan fingerprint density at radius 3 is 2.00 bits per heavy atom. The number of carbonyl (C=O) groups excluding carboxylic acids is 10. The van der Waals surface area contributed by atoms with Gasteiger partial charge in [0.15, 0.2) is 23.6 Å². The van der Waals surface area contributed by atoms with Gasteiger partial charge in [-0.25, -0.2) is 19.4 Å². The van der Waals surface area contributed by atoms with E-state index in [0.29, 0.717) is 83.1 Å². The van der Waals surface area contributed by atoms with Crippen LogP contribution in [0.3, 0.4) is 0 Å². The van der Waals surface area contributed by atoms with Gasteiger partial charge in [0.25, 0.3) is 12.0 Å². The molecule has 2 heterocycles. The smallest absolute Gasteiger partial charge is 0.496 e. The number of Topliss-reactive ketones (excluding diaryl/α,β-unsaturated/α-hetero) is 2. The Hall–Kier alpha value is -11.5. The van der Waals surface area contributed by atoms with E-state index < -0.39 is 158 Å². The van der Waals surface area contributed by atoms with Crippen LogP contribution in [-0.2, 0) is 94.8 Å². The molecule has 0 fully saturated rings. The molecule has 34 nitrogen and oxygen atoms in total. The molecule has 7 atom stereocenters. The monoisotopic (exact) mass is 1590 g/mol. The van der Waals surface area contributed by atoms with Crippen LogP contribution in [0.25, 0.3) is 22.0 Å². The number of unbranched alkanes of at least 4 members (excludes halogenated alkanes) is 3. The summed E-state index contributed by atoms with van der Waals surface area (Å²) < 4.78 is 24.4. The van der Waals surface area contributed by atoms with Crippen molar-refractivity contribution < 1.29 is 112 Å². The number of nitrogens with zero attached hydrogens (tertiary/aromatic N) is 3. The number of imidazole rings is 1. The number of ketones is 3. The number of carboxylic acid groups (broad SMARTS) is 4. The van der Waals surface area contributed by atoms with Crippen molar-refractivity contribution in [2.24, 2.45) is 17.6 Å². The summed E-state index contributed by atoms with van der Waals surface area (Å²) in [6, 6.07) is 16.5. The number of aryl methyl sites for hydroxylation is 2. The van der Waals surface area contributed by atoms with E-state index in [-0.39, 0.29) is 104 Å². The predicted molar refractivity (Wildman–Crippen MR) is 406 cm³/mol. The van der Waals surface area contributed by atoms with Crippen molar-refractivity contribution in [3.63, 3.8) is 0 Å². The van der Waals surface area contributed by atoms with Crippen LogP contribution in [0, 0.1) is 18.8 Å². The molecular formula is C76H90N10O24S2. The van der Waals surface area contributed by atoms with Crippen LogP contribution in [0.2, 0.25) is 0 Å². The third-order valence-electron chi connectivity index (χ3n) is 18.1. The molecule has 6 amide bonds. The maximum Gasteiger partial charge on any atom is 0.513 e. The Morgan fingerprint density at radius 2 is 1.35 bits per heavy atom. The maximum absolute atomic E-state index is 14.4. The minimum atomic E-state index is -1.76. The van der Waals surface area contributed by atoms with Crippen molar-refractivity contribution >= 4 is 116 Å². The highest BCUT2D eigenvalue weighted by atomic mass is 33.1. The van der Waals surface area contributed by atoms with Gasteiger partial charge in [0.05, 0.1) is 62.1 Å². The number of carbonyl (C=O) groups is 14. The van der Waals surface area contributed by atoms with Gasteiger partial charge >= 0.3 is 36.1 Å². The number of benzene rings is 4. The fraction of sp³-hybridized carbons (Fsp3) is 0.421. The normalized spacial score (nSPS) is 13.2. The van der Waals surface area contributed by atoms with Crippen molar-refractivity contribution in [2.45, 2.75) is 153 Å². The fourth-order valence-corrected chi connectivity index (χ4v) is 14.4. The molecule has 1 aliphatic carbocycles. The number of nitrogens with two attached hydrogens (primary N) is 1. The van der Waals surface area contributed by atoms with Gasteiger partial charge in [-0.05, 0) is 86.4 Å². The zero-order chi connectivity index (χ0) is 81.4. The molecule has 0 radical (unpaired) electrons. The number of pyridine rings is 1. The molecule has 0 aliphatic heterocycles. The first-order chi connectivity index (χ1) is 53.7. The van der Waals surface area contributed by atoms with Gasteiger partial charge in [0, 0.05) is 116 Å². The average molecular weight is 1590 g/mol. The minimum absolute atomic E-state index is 0.00716. The first-order valence-corrected chi connectivity index (χ1v) is 38.4. The molecule has 0 bridgehead atoms. The number of hydrogen-bond donors (Lipinski definition) is 12. The number of amides is 6. The van der Waals surface area contributed by atoms with E-state index in [1.54, 1.807) is 98.4 Å². The summed E-state index contributed by atoms with van der Waals surface area (Å²) >= 11 is 0. The summed E-state index contributed by atoms with van der Waals surface area (Å²) in [5.41, 5.74) is 9.01. The van der Waals surface area contributed by atoms with Crippen LogP contribution in [0.1, 0.15) is 122 Å². The number of aliphatic hydroxyl groups excluding tert-OH is 1. The number of methoxy groups -OCH3 is 1. The van der Waals surface area contributed by atoms with Crippen molar-refractivity contribution in [1.29, 1.82) is 0 Å². The number of nitrogens with one attached hydrogen (secondary N) is 6. The van der Waals surface area contributed by atoms with E-state index >= 15 is 0 Å². The Labute approximate surface area is 649 Å². The molecule has 600 valence electrons. The molecule has 0 unspecified atom stereocenters. The summed E-state index contributed by atoms with van der Waals surface area (Å²) in [6.45, 7) is 1.22. The second-order valence-corrected chi connectivity index (χ2v) is 28.9. The fourth-order valence-electron chi connectivity index (χ4n) is 12.3. The van der Waals surface area contributed by atoms with Crippen LogP contribution in [-0.4, -0.2) is 192 Å². The van der Waals surface area contributed by atoms with Crippen LogP contribution >= 0.6 is 21.6 Å². The lowest BCUT2D eigenvalue weighted by Crippen LogP contribution is -2.53. The number of aliphatic hydroxyl groups is 1. The first-order valence-electron chi connectivity index (χ1n) is 35.9. The predicted octanol–water partition coefficient (Wildman–Crippen LogP) is 4.78. The van der Waals surface area contributed by atoms with E-state index in [9.17, 15) is 92.3 Å². The van der Waals surface area contributed by atoms with E-state index in [1.807, 2.05) is 4.57 Å². The highest BCUT2D eigenvalue weighted by Crippen LogP contribution is 2.44. The highest BCUT2D eigenvalue weighted by Gasteiger charge is 2.37. The molecule has 36 heteroatoms. The van der Waals surface area contributed by atoms with Crippen LogP contribution in [0.4, 0.5) is 9.59 Å². The van der Waals surface area contributed by atoms with E-state index in [4.69, 9.17) is 25.1 Å². The topological polar surface area (TPSA) is 515 Å². The minimum Gasteiger partial charge on any atom is -0.496 e. The SMILES string of the molecule is COc1cc2c3c(n(CCCn4ccnc4)c(=O)c2cc1C)-c1cc(CO)c(OC(=O)OCCSSC[C@H](CC(=O)[C@H](CC(=O)O)NC(=O)[C@@H](N)CNC(=O)[C@@H](CC(=O)[C@H](Cc2ccccc2)NC(=O)CCCCCCNC(=O)CC[C@@H](NC(=O)N[C@H](CCC(=O)O)OC=O)C(=O)O)Cc2ccccc2)C(=O)O)cc1C3=O. The number of urea groups is 1. The third-order valence-corrected chi connectivity index (χ3v) is 20.5. The molecule has 0 saturated heterocycles. The van der Waals surface area contributed by atoms with Crippen molar-refractivity contribution in [1.82, 2.24) is 46.0 Å². The summed E-state index contributed by atoms with van der Waals surface area (Å²) in [6.07, 6.45) is 1.61. The van der Waals surface area contributed by atoms with Gasteiger partial charge in [0.1, 0.15) is 30.2 Å². The number of fused-ring (bicyclic) bond motifs is 5. The van der Waals surface area contributed by atoms with Crippen molar-refractivity contribution in [3.8, 4) is 22.8 Å². The molecule has 6 aromatic rings. The molecule has 7 rings (SSSR count). The lowest BCUT2D eigenvalue weighted by molar-refractivity contribution is -0.144. The molecule has 112 heavy (non-hydrogen) atoms. The van der Waals surface area contributed by atoms with Gasteiger partial charge in [-0.2, -0.15) is 0 Å². The number of rotatable bonds is 50. The molecule has 1 aliphatic rings. The molecule has 13 N–H and O–H groups in total. The van der Waals surface area contributed by atoms with Crippen molar-refractivity contribution in [2.75, 3.05) is 38.3 Å². The number of hydrogen-bond acceptors (Lipinski definition) is 24. The standard InChI is InChI=1S/C76H90N10O24S2/c1-44-30-53-50(36-60(44)107-2)67-68(86(72(53)100)26-13-25-85-27-24-78-42-85)51-33-48(40-87)61(37-52(51)69(67)97)110-76(106)108-28-29-111-112-41-49(73(101)102)35-59(90)57(38-66(95)96)82-71(99)54(77)39-80-70(98)47(31-45-14-7-5-8-15-45)34-58(89)56(32-46-16-9-6-10-17-46)81-63(92)18-11-3-4-12-23-79-62(91)20-19-55(74(103)104)83-75(105)84-64(109-43-88)21-22-65(93)94/h5-10,14-17,24,27,30,33,36-37,42-43,47,49,54-57,64,87H,3-4,11-13,18-23,25-26,28-29,31-32,34-35,38-41,77H2,1-2H3,(H,79,91)(H,80,98)(H,81,92)(H,82,99)(H,93,94)(H,95,96)(H,101,102)(H,103,104)(H2,83,84,105)/t47-,49+,54+,55-,56+,57+,64+/m1/s1. The lowest BCUT2D eigenvalue weighted by Gasteiger charge is -2.23. The zero-order valence-electron chi connectivity index (χ0n) is 61.4.